The Labute approximate surface area is 165 Å². The van der Waals surface area contributed by atoms with Crippen LogP contribution >= 0.6 is 0 Å². The summed E-state index contributed by atoms with van der Waals surface area (Å²) >= 11 is 0. The fourth-order valence-electron chi connectivity index (χ4n) is 3.16. The van der Waals surface area contributed by atoms with Crippen LogP contribution in [0.2, 0.25) is 0 Å². The van der Waals surface area contributed by atoms with E-state index in [1.165, 1.54) is 5.01 Å². The molecule has 0 saturated carbocycles. The van der Waals surface area contributed by atoms with Crippen LogP contribution in [0.25, 0.3) is 0 Å². The van der Waals surface area contributed by atoms with Gasteiger partial charge < -0.3 is 9.73 Å². The molecular weight excluding hydrogens is 356 g/mol. The molecule has 0 spiro atoms. The van der Waals surface area contributed by atoms with E-state index < -0.39 is 0 Å². The van der Waals surface area contributed by atoms with Gasteiger partial charge in [-0.15, -0.1) is 0 Å². The number of carbonyl (C=O) groups is 2. The average molecular weight is 382 g/mol. The van der Waals surface area contributed by atoms with Crippen LogP contribution < -0.4 is 10.3 Å². The van der Waals surface area contributed by atoms with Crippen LogP contribution in [0.4, 0.5) is 5.69 Å². The number of nitrogens with zero attached hydrogens (tertiary/aromatic N) is 3. The topological polar surface area (TPSA) is 78.2 Å². The number of benzene rings is 1. The Bertz CT molecular complexity index is 887. The monoisotopic (exact) mass is 382 g/mol. The Morgan fingerprint density at radius 1 is 1.29 bits per heavy atom. The number of aryl methyl sites for hydroxylation is 2. The van der Waals surface area contributed by atoms with E-state index in [2.05, 4.69) is 10.4 Å². The minimum Gasteiger partial charge on any atom is -0.468 e. The molecule has 0 saturated heterocycles. The number of furan rings is 1. The predicted octanol–water partition coefficient (Wildman–Crippen LogP) is 2.80. The van der Waals surface area contributed by atoms with E-state index in [1.807, 2.05) is 63.2 Å². The van der Waals surface area contributed by atoms with E-state index in [0.29, 0.717) is 18.7 Å². The van der Waals surface area contributed by atoms with Gasteiger partial charge >= 0.3 is 0 Å². The minimum atomic E-state index is -0.263. The molecule has 0 bridgehead atoms. The normalized spacial score (nSPS) is 15.5. The van der Waals surface area contributed by atoms with Gasteiger partial charge in [0.25, 0.3) is 5.91 Å². The molecule has 28 heavy (non-hydrogen) atoms. The standard InChI is InChI=1S/C21H26N4O3/c1-14-7-8-15(2)17(12-14)25-20(26)10-9-16(23-25)21(27)22-13-18(24(3)4)19-6-5-11-28-19/h5-8,11-12,18H,9-10,13H2,1-4H3,(H,22,27). The lowest BCUT2D eigenvalue weighted by molar-refractivity contribution is -0.119. The van der Waals surface area contributed by atoms with Gasteiger partial charge in [0.15, 0.2) is 0 Å². The van der Waals surface area contributed by atoms with Gasteiger partial charge in [0.05, 0.1) is 18.0 Å². The molecule has 1 N–H and O–H groups in total. The molecule has 1 atom stereocenters. The van der Waals surface area contributed by atoms with Gasteiger partial charge in [0, 0.05) is 19.4 Å². The molecule has 7 heteroatoms. The fourth-order valence-corrected chi connectivity index (χ4v) is 3.16. The lowest BCUT2D eigenvalue weighted by Gasteiger charge is -2.26. The zero-order valence-electron chi connectivity index (χ0n) is 16.7. The molecule has 1 aliphatic rings. The quantitative estimate of drug-likeness (QED) is 0.833. The third kappa shape index (κ3) is 4.31. The first-order valence-electron chi connectivity index (χ1n) is 9.32. The Balaban J connectivity index is 1.75. The molecule has 1 aromatic heterocycles. The summed E-state index contributed by atoms with van der Waals surface area (Å²) in [6.07, 6.45) is 2.21. The third-order valence-electron chi connectivity index (χ3n) is 4.84. The van der Waals surface area contributed by atoms with Crippen molar-refractivity contribution in [3.05, 3.63) is 53.5 Å². The summed E-state index contributed by atoms with van der Waals surface area (Å²) in [5.74, 6) is 0.413. The summed E-state index contributed by atoms with van der Waals surface area (Å²) in [6, 6.07) is 9.48. The molecule has 1 unspecified atom stereocenters. The second-order valence-electron chi connectivity index (χ2n) is 7.25. The highest BCUT2D eigenvalue weighted by atomic mass is 16.3. The zero-order valence-corrected chi connectivity index (χ0v) is 16.7. The molecule has 1 aromatic carbocycles. The largest absolute Gasteiger partial charge is 0.468 e. The second kappa shape index (κ2) is 8.39. The maximum Gasteiger partial charge on any atom is 0.267 e. The predicted molar refractivity (Wildman–Crippen MR) is 108 cm³/mol. The van der Waals surface area contributed by atoms with Crippen molar-refractivity contribution >= 4 is 23.2 Å². The van der Waals surface area contributed by atoms with Crippen molar-refractivity contribution in [1.29, 1.82) is 0 Å². The molecule has 3 rings (SSSR count). The van der Waals surface area contributed by atoms with Crippen LogP contribution in [0.3, 0.4) is 0 Å². The number of rotatable bonds is 6. The number of carbonyl (C=O) groups excluding carboxylic acids is 2. The van der Waals surface area contributed by atoms with Crippen LogP contribution in [-0.4, -0.2) is 43.1 Å². The van der Waals surface area contributed by atoms with Crippen molar-refractivity contribution in [2.24, 2.45) is 5.10 Å². The van der Waals surface area contributed by atoms with Crippen molar-refractivity contribution in [1.82, 2.24) is 10.2 Å². The summed E-state index contributed by atoms with van der Waals surface area (Å²) in [5, 5.41) is 8.66. The van der Waals surface area contributed by atoms with Gasteiger partial charge in [0.2, 0.25) is 5.91 Å². The first kappa shape index (κ1) is 19.8. The fraction of sp³-hybridized carbons (Fsp3) is 0.381. The summed E-state index contributed by atoms with van der Waals surface area (Å²) in [5.41, 5.74) is 3.05. The molecular formula is C21H26N4O3. The van der Waals surface area contributed by atoms with Gasteiger partial charge in [-0.2, -0.15) is 5.10 Å². The highest BCUT2D eigenvalue weighted by molar-refractivity contribution is 6.40. The van der Waals surface area contributed by atoms with Crippen LogP contribution in [0, 0.1) is 13.8 Å². The van der Waals surface area contributed by atoms with Crippen molar-refractivity contribution in [3.8, 4) is 0 Å². The number of hydrazone groups is 1. The lowest BCUT2D eigenvalue weighted by Crippen LogP contribution is -2.42. The van der Waals surface area contributed by atoms with Crippen LogP contribution in [0.1, 0.15) is 35.8 Å². The summed E-state index contributed by atoms with van der Waals surface area (Å²) < 4.78 is 5.47. The third-order valence-corrected chi connectivity index (χ3v) is 4.84. The Morgan fingerprint density at radius 2 is 2.07 bits per heavy atom. The van der Waals surface area contributed by atoms with Crippen LogP contribution in [0.5, 0.6) is 0 Å². The van der Waals surface area contributed by atoms with E-state index in [9.17, 15) is 9.59 Å². The van der Waals surface area contributed by atoms with Gasteiger partial charge in [-0.3, -0.25) is 14.5 Å². The molecule has 1 aliphatic heterocycles. The molecule has 148 valence electrons. The highest BCUT2D eigenvalue weighted by Gasteiger charge is 2.27. The number of hydrogen-bond acceptors (Lipinski definition) is 5. The second-order valence-corrected chi connectivity index (χ2v) is 7.25. The maximum atomic E-state index is 12.7. The smallest absolute Gasteiger partial charge is 0.267 e. The number of hydrogen-bond donors (Lipinski definition) is 1. The molecule has 2 aromatic rings. The number of nitrogens with one attached hydrogen (secondary N) is 1. The molecule has 2 heterocycles. The Morgan fingerprint density at radius 3 is 2.75 bits per heavy atom. The minimum absolute atomic E-state index is 0.0834. The van der Waals surface area contributed by atoms with Crippen molar-refractivity contribution in [2.45, 2.75) is 32.7 Å². The summed E-state index contributed by atoms with van der Waals surface area (Å²) in [6.45, 7) is 4.28. The molecule has 0 radical (unpaired) electrons. The molecule has 7 nitrogen and oxygen atoms in total. The highest BCUT2D eigenvalue weighted by Crippen LogP contribution is 2.25. The van der Waals surface area contributed by atoms with E-state index in [0.717, 1.165) is 22.6 Å². The zero-order chi connectivity index (χ0) is 20.3. The van der Waals surface area contributed by atoms with Crippen LogP contribution in [0.15, 0.2) is 46.1 Å². The summed E-state index contributed by atoms with van der Waals surface area (Å²) in [4.78, 5) is 27.1. The van der Waals surface area contributed by atoms with Crippen LogP contribution in [-0.2, 0) is 9.59 Å². The molecule has 0 fully saturated rings. The van der Waals surface area contributed by atoms with Gasteiger partial charge in [-0.05, 0) is 57.3 Å². The number of likely N-dealkylation sites (N-methyl/N-ethyl adjacent to an activating group) is 1. The first-order valence-corrected chi connectivity index (χ1v) is 9.32. The van der Waals surface area contributed by atoms with E-state index in [1.54, 1.807) is 6.26 Å². The Hall–Kier alpha value is -2.93. The maximum absolute atomic E-state index is 12.7. The number of amides is 2. The van der Waals surface area contributed by atoms with E-state index in [4.69, 9.17) is 4.42 Å². The van der Waals surface area contributed by atoms with E-state index in [-0.39, 0.29) is 24.3 Å². The lowest BCUT2D eigenvalue weighted by atomic mass is 10.1. The summed E-state index contributed by atoms with van der Waals surface area (Å²) in [7, 11) is 3.86. The first-order chi connectivity index (χ1) is 13.4. The van der Waals surface area contributed by atoms with Crippen molar-refractivity contribution in [2.75, 3.05) is 25.6 Å². The van der Waals surface area contributed by atoms with Crippen molar-refractivity contribution < 1.29 is 14.0 Å². The number of anilines is 1. The van der Waals surface area contributed by atoms with Crippen molar-refractivity contribution in [3.63, 3.8) is 0 Å². The van der Waals surface area contributed by atoms with Gasteiger partial charge in [-0.1, -0.05) is 12.1 Å². The Kier molecular flexibility index (Phi) is 5.94. The van der Waals surface area contributed by atoms with Gasteiger partial charge in [-0.25, -0.2) is 5.01 Å². The molecule has 2 amide bonds. The van der Waals surface area contributed by atoms with E-state index >= 15 is 0 Å². The average Bonchev–Trinajstić information content (AvgIpc) is 3.18. The van der Waals surface area contributed by atoms with Gasteiger partial charge in [0.1, 0.15) is 11.5 Å². The SMILES string of the molecule is Cc1ccc(C)c(N2N=C(C(=O)NCC(c3ccco3)N(C)C)CCC2=O)c1. The molecule has 0 aliphatic carbocycles.